The minimum Gasteiger partial charge on any atom is -0.469 e. The van der Waals surface area contributed by atoms with E-state index >= 15 is 0 Å². The van der Waals surface area contributed by atoms with Gasteiger partial charge < -0.3 is 15.0 Å². The average molecular weight is 824 g/mol. The molecule has 59 heavy (non-hydrogen) atoms. The number of ether oxygens (including phenoxy) is 1. The van der Waals surface area contributed by atoms with Crippen LogP contribution in [0.3, 0.4) is 0 Å². The van der Waals surface area contributed by atoms with Crippen molar-refractivity contribution in [3.8, 4) is 22.3 Å². The number of rotatable bonds is 10. The van der Waals surface area contributed by atoms with E-state index in [1.807, 2.05) is 42.7 Å². The standard InChI is InChI=1S/C43H37N9O5S2/c1-23-6-16-34(40-37(23)31(19-44)22-46-40)51-59(55,56)32-14-7-27(8-15-32)20-47-42(54)30-13-17-33(45-21-30)28-9-11-29(12-10-28)39-38-24(2)25(3)58-43(38)52-26(4)49-50-41(52)35(48-39)18-36(53)57-5/h6-17,21-22,35,46,51H,18,20H2,1-5H3,(H,47,54)/t35-/m0/s1. The molecule has 7 aromatic rings. The van der Waals surface area contributed by atoms with Crippen LogP contribution in [-0.4, -0.2) is 57.8 Å². The van der Waals surface area contributed by atoms with E-state index in [9.17, 15) is 23.3 Å². The molecule has 0 spiro atoms. The van der Waals surface area contributed by atoms with E-state index in [4.69, 9.17) is 9.73 Å². The maximum Gasteiger partial charge on any atom is 0.308 e. The molecule has 1 atom stereocenters. The van der Waals surface area contributed by atoms with Gasteiger partial charge >= 0.3 is 5.97 Å². The third-order valence-electron chi connectivity index (χ3n) is 10.4. The number of esters is 1. The van der Waals surface area contributed by atoms with Crippen molar-refractivity contribution in [1.29, 1.82) is 5.26 Å². The number of methoxy groups -OCH3 is 1. The lowest BCUT2D eigenvalue weighted by molar-refractivity contribution is -0.141. The number of thiophene rings is 1. The topological polar surface area (TPSA) is 197 Å². The van der Waals surface area contributed by atoms with Crippen LogP contribution in [-0.2, 0) is 26.1 Å². The highest BCUT2D eigenvalue weighted by Gasteiger charge is 2.32. The number of hydrogen-bond donors (Lipinski definition) is 3. The fourth-order valence-electron chi connectivity index (χ4n) is 7.13. The lowest BCUT2D eigenvalue weighted by Gasteiger charge is -2.12. The SMILES string of the molecule is COC(=O)C[C@@H]1N=C(c2ccc(-c3ccc(C(=O)NCc4ccc(S(=O)(=O)Nc5ccc(C)c6c(C#N)c[nH]c56)cc4)cn3)cc2)c2c(sc(C)c2C)-n2c(C)nnc21. The Balaban J connectivity index is 0.945. The van der Waals surface area contributed by atoms with Crippen LogP contribution in [0.5, 0.6) is 0 Å². The number of nitrogens with zero attached hydrogens (tertiary/aromatic N) is 6. The van der Waals surface area contributed by atoms with E-state index in [2.05, 4.69) is 50.1 Å². The first kappa shape index (κ1) is 38.9. The van der Waals surface area contributed by atoms with Gasteiger partial charge in [0.05, 0.1) is 52.2 Å². The lowest BCUT2D eigenvalue weighted by atomic mass is 9.98. The largest absolute Gasteiger partial charge is 0.469 e. The maximum atomic E-state index is 13.3. The monoisotopic (exact) mass is 823 g/mol. The Bertz CT molecular complexity index is 2980. The van der Waals surface area contributed by atoms with Crippen LogP contribution >= 0.6 is 11.3 Å². The summed E-state index contributed by atoms with van der Waals surface area (Å²) in [7, 11) is -2.59. The zero-order chi connectivity index (χ0) is 41.6. The van der Waals surface area contributed by atoms with Gasteiger partial charge in [0.2, 0.25) is 0 Å². The minimum atomic E-state index is -3.95. The number of aromatic amines is 1. The van der Waals surface area contributed by atoms with E-state index in [1.165, 1.54) is 25.4 Å². The van der Waals surface area contributed by atoms with Gasteiger partial charge in [0.15, 0.2) is 5.82 Å². The second-order valence-electron chi connectivity index (χ2n) is 14.1. The Morgan fingerprint density at radius 3 is 2.41 bits per heavy atom. The van der Waals surface area contributed by atoms with Crippen LogP contribution in [0.4, 0.5) is 5.69 Å². The molecule has 16 heteroatoms. The van der Waals surface area contributed by atoms with Crippen molar-refractivity contribution >= 4 is 55.5 Å². The molecule has 0 saturated carbocycles. The molecule has 3 N–H and O–H groups in total. The van der Waals surface area contributed by atoms with Crippen molar-refractivity contribution in [2.75, 3.05) is 11.8 Å². The Labute approximate surface area is 343 Å². The van der Waals surface area contributed by atoms with Crippen LogP contribution in [0, 0.1) is 39.0 Å². The first-order valence-electron chi connectivity index (χ1n) is 18.5. The highest BCUT2D eigenvalue weighted by atomic mass is 32.2. The third kappa shape index (κ3) is 7.26. The number of amides is 1. The molecule has 4 aromatic heterocycles. The number of aliphatic imine (C=N–C) groups is 1. The first-order valence-corrected chi connectivity index (χ1v) is 20.8. The smallest absolute Gasteiger partial charge is 0.308 e. The van der Waals surface area contributed by atoms with E-state index in [1.54, 1.807) is 53.9 Å². The van der Waals surface area contributed by atoms with Gasteiger partial charge in [-0.3, -0.25) is 28.9 Å². The molecule has 0 aliphatic carbocycles. The number of anilines is 1. The highest BCUT2D eigenvalue weighted by molar-refractivity contribution is 7.92. The number of H-pyrrole nitrogens is 1. The molecule has 0 fully saturated rings. The number of fused-ring (bicyclic) bond motifs is 4. The fourth-order valence-corrected chi connectivity index (χ4v) is 9.42. The van der Waals surface area contributed by atoms with Crippen molar-refractivity contribution < 1.29 is 22.7 Å². The number of aryl methyl sites for hydroxylation is 3. The molecule has 8 rings (SSSR count). The van der Waals surface area contributed by atoms with E-state index in [0.717, 1.165) is 43.4 Å². The van der Waals surface area contributed by atoms with Gasteiger partial charge in [0.1, 0.15) is 22.9 Å². The molecule has 5 heterocycles. The summed E-state index contributed by atoms with van der Waals surface area (Å²) in [5.74, 6) is 0.563. The van der Waals surface area contributed by atoms with Crippen LogP contribution < -0.4 is 10.0 Å². The molecule has 1 aliphatic rings. The number of nitriles is 1. The van der Waals surface area contributed by atoms with Crippen molar-refractivity contribution in [2.24, 2.45) is 4.99 Å². The van der Waals surface area contributed by atoms with Gasteiger partial charge in [0, 0.05) is 45.9 Å². The normalized spacial score (nSPS) is 13.5. The number of benzene rings is 3. The summed E-state index contributed by atoms with van der Waals surface area (Å²) in [6.07, 6.45) is 3.08. The zero-order valence-electron chi connectivity index (χ0n) is 32.6. The van der Waals surface area contributed by atoms with Crippen molar-refractivity contribution in [3.63, 3.8) is 0 Å². The molecule has 0 unspecified atom stereocenters. The third-order valence-corrected chi connectivity index (χ3v) is 13.0. The molecule has 14 nitrogen and oxygen atoms in total. The number of carbonyl (C=O) groups excluding carboxylic acids is 2. The Hall–Kier alpha value is -6.96. The Kier molecular flexibility index (Phi) is 10.2. The second-order valence-corrected chi connectivity index (χ2v) is 17.0. The second kappa shape index (κ2) is 15.4. The predicted octanol–water partition coefficient (Wildman–Crippen LogP) is 7.16. The minimum absolute atomic E-state index is 0.0149. The summed E-state index contributed by atoms with van der Waals surface area (Å²) >= 11 is 1.64. The number of hydrogen-bond acceptors (Lipinski definition) is 11. The van der Waals surface area contributed by atoms with Gasteiger partial charge in [0.25, 0.3) is 15.9 Å². The maximum absolute atomic E-state index is 13.3. The van der Waals surface area contributed by atoms with Crippen LogP contribution in [0.2, 0.25) is 0 Å². The number of pyridine rings is 1. The molecule has 1 aliphatic heterocycles. The highest BCUT2D eigenvalue weighted by Crippen LogP contribution is 2.40. The Morgan fingerprint density at radius 1 is 0.966 bits per heavy atom. The summed E-state index contributed by atoms with van der Waals surface area (Å²) in [5.41, 5.74) is 8.40. The number of nitrogens with one attached hydrogen (secondary N) is 3. The summed E-state index contributed by atoms with van der Waals surface area (Å²) in [4.78, 5) is 39.5. The molecule has 3 aromatic carbocycles. The molecule has 0 radical (unpaired) electrons. The van der Waals surface area contributed by atoms with Gasteiger partial charge in [-0.05, 0) is 74.7 Å². The van der Waals surface area contributed by atoms with Crippen molar-refractivity contribution in [3.05, 3.63) is 141 Å². The van der Waals surface area contributed by atoms with Crippen molar-refractivity contribution in [2.45, 2.75) is 51.6 Å². The van der Waals surface area contributed by atoms with Gasteiger partial charge in [-0.25, -0.2) is 8.42 Å². The summed E-state index contributed by atoms with van der Waals surface area (Å²) in [5, 5.41) is 22.7. The zero-order valence-corrected chi connectivity index (χ0v) is 34.2. The van der Waals surface area contributed by atoms with Crippen LogP contribution in [0.15, 0.2) is 95.1 Å². The van der Waals surface area contributed by atoms with Gasteiger partial charge in [-0.15, -0.1) is 21.5 Å². The number of carbonyl (C=O) groups is 2. The van der Waals surface area contributed by atoms with E-state index in [-0.39, 0.29) is 23.8 Å². The molecular weight excluding hydrogens is 787 g/mol. The fraction of sp³-hybridized carbons (Fsp3) is 0.186. The summed E-state index contributed by atoms with van der Waals surface area (Å²) < 4.78 is 36.1. The van der Waals surface area contributed by atoms with E-state index < -0.39 is 22.0 Å². The molecule has 0 bridgehead atoms. The summed E-state index contributed by atoms with van der Waals surface area (Å²) in [6.45, 7) is 8.05. The van der Waals surface area contributed by atoms with Gasteiger partial charge in [-0.1, -0.05) is 42.5 Å². The first-order chi connectivity index (χ1) is 28.4. The van der Waals surface area contributed by atoms with E-state index in [0.29, 0.717) is 50.6 Å². The predicted molar refractivity (Wildman–Crippen MR) is 224 cm³/mol. The average Bonchev–Trinajstić information content (AvgIpc) is 3.92. The van der Waals surface area contributed by atoms with Crippen LogP contribution in [0.1, 0.15) is 72.7 Å². The van der Waals surface area contributed by atoms with Crippen LogP contribution in [0.25, 0.3) is 27.2 Å². The molecule has 1 amide bonds. The Morgan fingerprint density at radius 2 is 1.71 bits per heavy atom. The van der Waals surface area contributed by atoms with Gasteiger partial charge in [-0.2, -0.15) is 5.26 Å². The molecule has 296 valence electrons. The lowest BCUT2D eigenvalue weighted by Crippen LogP contribution is -2.23. The summed E-state index contributed by atoms with van der Waals surface area (Å²) in [6, 6.07) is 22.5. The van der Waals surface area contributed by atoms with Crippen molar-refractivity contribution in [1.82, 2.24) is 30.0 Å². The molecule has 0 saturated heterocycles. The number of sulfonamides is 1. The molecular formula is C43H37N9O5S2. The number of aromatic nitrogens is 5. The quantitative estimate of drug-likeness (QED) is 0.120.